The molecule has 1 N–H and O–H groups in total. The van der Waals surface area contributed by atoms with E-state index in [-0.39, 0.29) is 12.3 Å². The third kappa shape index (κ3) is 3.26. The Balaban J connectivity index is 2.16. The molecule has 0 saturated heterocycles. The zero-order chi connectivity index (χ0) is 14.5. The highest BCUT2D eigenvalue weighted by Crippen LogP contribution is 2.23. The molecule has 0 radical (unpaired) electrons. The maximum atomic E-state index is 10.8. The standard InChI is InChI=1S/C15H16N2O3/c1-11-3-6-14(7-4-11)20-10-12-9-13(17(18)19)5-8-15(12)16-2/h3-9,16H,10H2,1-2H3. The molecule has 2 aromatic carbocycles. The minimum Gasteiger partial charge on any atom is -0.489 e. The van der Waals surface area contributed by atoms with Crippen LogP contribution in [0.15, 0.2) is 42.5 Å². The van der Waals surface area contributed by atoms with Crippen molar-refractivity contribution in [3.8, 4) is 5.75 Å². The van der Waals surface area contributed by atoms with Gasteiger partial charge in [-0.2, -0.15) is 0 Å². The van der Waals surface area contributed by atoms with Crippen molar-refractivity contribution in [3.63, 3.8) is 0 Å². The molecule has 0 atom stereocenters. The summed E-state index contributed by atoms with van der Waals surface area (Å²) in [5, 5.41) is 13.8. The summed E-state index contributed by atoms with van der Waals surface area (Å²) in [7, 11) is 1.77. The highest BCUT2D eigenvalue weighted by Gasteiger charge is 2.10. The van der Waals surface area contributed by atoms with Crippen LogP contribution in [0.2, 0.25) is 0 Å². The van der Waals surface area contributed by atoms with Gasteiger partial charge in [-0.05, 0) is 25.1 Å². The van der Waals surface area contributed by atoms with E-state index in [1.54, 1.807) is 13.1 Å². The van der Waals surface area contributed by atoms with Crippen LogP contribution in [0.4, 0.5) is 11.4 Å². The van der Waals surface area contributed by atoms with E-state index >= 15 is 0 Å². The highest BCUT2D eigenvalue weighted by molar-refractivity contribution is 5.55. The molecule has 0 heterocycles. The number of nitro benzene ring substituents is 1. The van der Waals surface area contributed by atoms with Crippen molar-refractivity contribution in [1.29, 1.82) is 0 Å². The summed E-state index contributed by atoms with van der Waals surface area (Å²) in [4.78, 5) is 10.4. The molecule has 5 heteroatoms. The minimum atomic E-state index is -0.408. The quantitative estimate of drug-likeness (QED) is 0.668. The molecule has 2 aromatic rings. The second kappa shape index (κ2) is 6.06. The van der Waals surface area contributed by atoms with Gasteiger partial charge in [0.05, 0.1) is 4.92 Å². The van der Waals surface area contributed by atoms with Crippen molar-refractivity contribution >= 4 is 11.4 Å². The lowest BCUT2D eigenvalue weighted by Gasteiger charge is -2.11. The van der Waals surface area contributed by atoms with Crippen LogP contribution in [-0.2, 0) is 6.61 Å². The summed E-state index contributed by atoms with van der Waals surface area (Å²) in [5.74, 6) is 0.740. The van der Waals surface area contributed by atoms with Crippen LogP contribution in [0.3, 0.4) is 0 Å². The summed E-state index contributed by atoms with van der Waals surface area (Å²) < 4.78 is 5.66. The van der Waals surface area contributed by atoms with Crippen LogP contribution in [0, 0.1) is 17.0 Å². The first-order valence-corrected chi connectivity index (χ1v) is 6.24. The van der Waals surface area contributed by atoms with Gasteiger partial charge in [0, 0.05) is 30.4 Å². The number of anilines is 1. The van der Waals surface area contributed by atoms with Gasteiger partial charge in [-0.3, -0.25) is 10.1 Å². The fourth-order valence-electron chi connectivity index (χ4n) is 1.85. The van der Waals surface area contributed by atoms with E-state index in [9.17, 15) is 10.1 Å². The number of ether oxygens (including phenoxy) is 1. The van der Waals surface area contributed by atoms with Crippen LogP contribution < -0.4 is 10.1 Å². The van der Waals surface area contributed by atoms with E-state index in [2.05, 4.69) is 5.32 Å². The normalized spacial score (nSPS) is 10.1. The third-order valence-electron chi connectivity index (χ3n) is 2.98. The Morgan fingerprint density at radius 1 is 1.20 bits per heavy atom. The number of non-ortho nitro benzene ring substituents is 1. The van der Waals surface area contributed by atoms with Crippen molar-refractivity contribution < 1.29 is 9.66 Å². The van der Waals surface area contributed by atoms with Crippen molar-refractivity contribution in [2.75, 3.05) is 12.4 Å². The number of hydrogen-bond acceptors (Lipinski definition) is 4. The lowest BCUT2D eigenvalue weighted by molar-refractivity contribution is -0.384. The molecule has 5 nitrogen and oxygen atoms in total. The van der Waals surface area contributed by atoms with Gasteiger partial charge in [-0.25, -0.2) is 0 Å². The number of rotatable bonds is 5. The number of aryl methyl sites for hydroxylation is 1. The number of hydrogen-bond donors (Lipinski definition) is 1. The van der Waals surface area contributed by atoms with E-state index < -0.39 is 4.92 Å². The van der Waals surface area contributed by atoms with E-state index in [0.29, 0.717) is 0 Å². The SMILES string of the molecule is CNc1ccc([N+](=O)[O-])cc1COc1ccc(C)cc1. The molecule has 0 unspecified atom stereocenters. The summed E-state index contributed by atoms with van der Waals surface area (Å²) in [5.41, 5.74) is 2.79. The predicted octanol–water partition coefficient (Wildman–Crippen LogP) is 3.52. The topological polar surface area (TPSA) is 64.4 Å². The second-order valence-electron chi connectivity index (χ2n) is 4.45. The van der Waals surface area contributed by atoms with Crippen molar-refractivity contribution in [2.24, 2.45) is 0 Å². The molecule has 20 heavy (non-hydrogen) atoms. The van der Waals surface area contributed by atoms with Gasteiger partial charge < -0.3 is 10.1 Å². The van der Waals surface area contributed by atoms with Crippen LogP contribution in [-0.4, -0.2) is 12.0 Å². The van der Waals surface area contributed by atoms with Crippen molar-refractivity contribution in [1.82, 2.24) is 0 Å². The van der Waals surface area contributed by atoms with Crippen LogP contribution in [0.25, 0.3) is 0 Å². The first kappa shape index (κ1) is 13.9. The van der Waals surface area contributed by atoms with Gasteiger partial charge in [-0.1, -0.05) is 17.7 Å². The zero-order valence-corrected chi connectivity index (χ0v) is 11.4. The summed E-state index contributed by atoms with van der Waals surface area (Å²) in [6.45, 7) is 2.28. The Kier molecular flexibility index (Phi) is 4.20. The molecule has 2 rings (SSSR count). The zero-order valence-electron chi connectivity index (χ0n) is 11.4. The highest BCUT2D eigenvalue weighted by atomic mass is 16.6. The average Bonchev–Trinajstić information content (AvgIpc) is 2.46. The molecule has 0 aliphatic heterocycles. The molecule has 0 aliphatic rings. The van der Waals surface area contributed by atoms with Gasteiger partial charge in [-0.15, -0.1) is 0 Å². The first-order valence-electron chi connectivity index (χ1n) is 6.24. The van der Waals surface area contributed by atoms with E-state index in [4.69, 9.17) is 4.74 Å². The molecule has 0 amide bonds. The van der Waals surface area contributed by atoms with Gasteiger partial charge in [0.1, 0.15) is 12.4 Å². The van der Waals surface area contributed by atoms with E-state index in [1.165, 1.54) is 12.1 Å². The van der Waals surface area contributed by atoms with E-state index in [1.807, 2.05) is 31.2 Å². The smallest absolute Gasteiger partial charge is 0.269 e. The largest absolute Gasteiger partial charge is 0.489 e. The maximum absolute atomic E-state index is 10.8. The molecule has 0 aromatic heterocycles. The number of nitrogens with zero attached hydrogens (tertiary/aromatic N) is 1. The molecule has 0 spiro atoms. The molecule has 104 valence electrons. The monoisotopic (exact) mass is 272 g/mol. The maximum Gasteiger partial charge on any atom is 0.269 e. The lowest BCUT2D eigenvalue weighted by Crippen LogP contribution is -2.02. The average molecular weight is 272 g/mol. The van der Waals surface area contributed by atoms with Gasteiger partial charge in [0.2, 0.25) is 0 Å². The Morgan fingerprint density at radius 3 is 2.50 bits per heavy atom. The number of nitro groups is 1. The second-order valence-corrected chi connectivity index (χ2v) is 4.45. The predicted molar refractivity (Wildman–Crippen MR) is 78.2 cm³/mol. The summed E-state index contributed by atoms with van der Waals surface area (Å²) >= 11 is 0. The molecule has 0 bridgehead atoms. The van der Waals surface area contributed by atoms with Gasteiger partial charge in [0.15, 0.2) is 0 Å². The van der Waals surface area contributed by atoms with Gasteiger partial charge in [0.25, 0.3) is 5.69 Å². The summed E-state index contributed by atoms with van der Waals surface area (Å²) in [6.07, 6.45) is 0. The molecular formula is C15H16N2O3. The fourth-order valence-corrected chi connectivity index (χ4v) is 1.85. The number of benzene rings is 2. The lowest BCUT2D eigenvalue weighted by atomic mass is 10.1. The molecule has 0 aliphatic carbocycles. The van der Waals surface area contributed by atoms with Gasteiger partial charge >= 0.3 is 0 Å². The van der Waals surface area contributed by atoms with Crippen molar-refractivity contribution in [3.05, 3.63) is 63.7 Å². The first-order chi connectivity index (χ1) is 9.60. The Hall–Kier alpha value is -2.56. The van der Waals surface area contributed by atoms with Crippen LogP contribution in [0.5, 0.6) is 5.75 Å². The fraction of sp³-hybridized carbons (Fsp3) is 0.200. The van der Waals surface area contributed by atoms with Crippen LogP contribution in [0.1, 0.15) is 11.1 Å². The molecule has 0 saturated carbocycles. The molecule has 0 fully saturated rings. The number of nitrogens with one attached hydrogen (secondary N) is 1. The Morgan fingerprint density at radius 2 is 1.90 bits per heavy atom. The van der Waals surface area contributed by atoms with E-state index in [0.717, 1.165) is 22.6 Å². The Labute approximate surface area is 117 Å². The third-order valence-corrected chi connectivity index (χ3v) is 2.98. The Bertz CT molecular complexity index is 609. The molecular weight excluding hydrogens is 256 g/mol. The minimum absolute atomic E-state index is 0.0616. The summed E-state index contributed by atoms with van der Waals surface area (Å²) in [6, 6.07) is 12.4. The van der Waals surface area contributed by atoms with Crippen LogP contribution >= 0.6 is 0 Å². The van der Waals surface area contributed by atoms with Crippen molar-refractivity contribution in [2.45, 2.75) is 13.5 Å².